The molecular formula is C19H29NO. The molecule has 1 aromatic rings. The van der Waals surface area contributed by atoms with Gasteiger partial charge in [0.2, 0.25) is 0 Å². The lowest BCUT2D eigenvalue weighted by Gasteiger charge is -2.44. The molecule has 0 radical (unpaired) electrons. The monoisotopic (exact) mass is 287 g/mol. The van der Waals surface area contributed by atoms with Gasteiger partial charge in [0.05, 0.1) is 6.61 Å². The number of hydrogen-bond acceptors (Lipinski definition) is 2. The molecule has 1 aliphatic heterocycles. The van der Waals surface area contributed by atoms with Crippen molar-refractivity contribution in [1.82, 2.24) is 0 Å². The highest BCUT2D eigenvalue weighted by Gasteiger charge is 2.35. The highest BCUT2D eigenvalue weighted by Crippen LogP contribution is 2.39. The van der Waals surface area contributed by atoms with Gasteiger partial charge in [0.25, 0.3) is 0 Å². The number of aryl methyl sites for hydroxylation is 1. The lowest BCUT2D eigenvalue weighted by atomic mass is 9.79. The topological polar surface area (TPSA) is 23.5 Å². The van der Waals surface area contributed by atoms with Crippen molar-refractivity contribution in [2.45, 2.75) is 64.3 Å². The molecule has 0 spiro atoms. The number of fused-ring (bicyclic) bond motifs is 1. The molecule has 0 bridgehead atoms. The predicted octanol–water partition coefficient (Wildman–Crippen LogP) is 4.16. The molecule has 21 heavy (non-hydrogen) atoms. The third-order valence-electron chi connectivity index (χ3n) is 5.67. The Morgan fingerprint density at radius 1 is 1.14 bits per heavy atom. The lowest BCUT2D eigenvalue weighted by Crippen LogP contribution is -2.46. The van der Waals surface area contributed by atoms with Crippen LogP contribution >= 0.6 is 0 Å². The Morgan fingerprint density at radius 2 is 1.86 bits per heavy atom. The molecule has 0 aromatic heterocycles. The molecule has 3 rings (SSSR count). The van der Waals surface area contributed by atoms with E-state index in [1.807, 2.05) is 0 Å². The minimum atomic E-state index is 0.120. The van der Waals surface area contributed by atoms with Gasteiger partial charge in [-0.15, -0.1) is 0 Å². The number of anilines is 1. The van der Waals surface area contributed by atoms with E-state index >= 15 is 0 Å². The van der Waals surface area contributed by atoms with E-state index < -0.39 is 0 Å². The van der Waals surface area contributed by atoms with Crippen LogP contribution in [0.5, 0.6) is 0 Å². The fourth-order valence-electron chi connectivity index (χ4n) is 4.21. The van der Waals surface area contributed by atoms with E-state index in [1.165, 1.54) is 62.6 Å². The zero-order valence-corrected chi connectivity index (χ0v) is 13.4. The summed E-state index contributed by atoms with van der Waals surface area (Å²) in [6, 6.07) is 9.44. The van der Waals surface area contributed by atoms with Crippen LogP contribution in [0, 0.1) is 5.41 Å². The number of rotatable bonds is 3. The van der Waals surface area contributed by atoms with Gasteiger partial charge in [0.1, 0.15) is 0 Å². The van der Waals surface area contributed by atoms with Crippen LogP contribution in [-0.2, 0) is 6.42 Å². The fourth-order valence-corrected chi connectivity index (χ4v) is 4.21. The lowest BCUT2D eigenvalue weighted by molar-refractivity contribution is 0.110. The normalized spacial score (nSPS) is 25.2. The second kappa shape index (κ2) is 6.39. The van der Waals surface area contributed by atoms with Crippen molar-refractivity contribution in [1.29, 1.82) is 0 Å². The van der Waals surface area contributed by atoms with Crippen LogP contribution in [-0.4, -0.2) is 24.3 Å². The molecule has 2 heteroatoms. The van der Waals surface area contributed by atoms with Gasteiger partial charge in [-0.25, -0.2) is 0 Å². The van der Waals surface area contributed by atoms with Crippen molar-refractivity contribution < 1.29 is 5.11 Å². The summed E-state index contributed by atoms with van der Waals surface area (Å²) in [6.07, 6.45) is 10.1. The smallest absolute Gasteiger partial charge is 0.0504 e. The summed E-state index contributed by atoms with van der Waals surface area (Å²) in [5.41, 5.74) is 3.01. The van der Waals surface area contributed by atoms with Crippen molar-refractivity contribution in [3.8, 4) is 0 Å². The van der Waals surface area contributed by atoms with Gasteiger partial charge in [-0.05, 0) is 44.2 Å². The summed E-state index contributed by atoms with van der Waals surface area (Å²) in [4.78, 5) is 2.58. The Bertz CT molecular complexity index is 462. The van der Waals surface area contributed by atoms with Gasteiger partial charge >= 0.3 is 0 Å². The summed E-state index contributed by atoms with van der Waals surface area (Å²) in [5.74, 6) is 0. The molecule has 2 aliphatic rings. The molecule has 0 amide bonds. The van der Waals surface area contributed by atoms with Gasteiger partial charge in [-0.2, -0.15) is 0 Å². The molecule has 1 aliphatic carbocycles. The Morgan fingerprint density at radius 3 is 2.57 bits per heavy atom. The van der Waals surface area contributed by atoms with Crippen LogP contribution < -0.4 is 4.90 Å². The van der Waals surface area contributed by atoms with Crippen LogP contribution in [0.4, 0.5) is 5.69 Å². The molecule has 1 aromatic carbocycles. The Hall–Kier alpha value is -1.02. The quantitative estimate of drug-likeness (QED) is 0.844. The first-order chi connectivity index (χ1) is 10.2. The zero-order valence-electron chi connectivity index (χ0n) is 13.4. The molecule has 1 heterocycles. The van der Waals surface area contributed by atoms with Gasteiger partial charge < -0.3 is 10.0 Å². The minimum Gasteiger partial charge on any atom is -0.396 e. The van der Waals surface area contributed by atoms with E-state index in [1.54, 1.807) is 0 Å². The summed E-state index contributed by atoms with van der Waals surface area (Å²) in [7, 11) is 0. The molecule has 1 fully saturated rings. The summed E-state index contributed by atoms with van der Waals surface area (Å²) in [5, 5.41) is 10.1. The Balaban J connectivity index is 1.85. The van der Waals surface area contributed by atoms with Crippen LogP contribution in [0.25, 0.3) is 0 Å². The van der Waals surface area contributed by atoms with Crippen molar-refractivity contribution in [2.24, 2.45) is 5.41 Å². The van der Waals surface area contributed by atoms with E-state index in [9.17, 15) is 5.11 Å². The molecule has 1 atom stereocenters. The van der Waals surface area contributed by atoms with Gasteiger partial charge in [-0.3, -0.25) is 0 Å². The van der Waals surface area contributed by atoms with Gasteiger partial charge in [-0.1, -0.05) is 43.9 Å². The fraction of sp³-hybridized carbons (Fsp3) is 0.684. The maximum absolute atomic E-state index is 10.1. The first-order valence-corrected chi connectivity index (χ1v) is 8.69. The van der Waals surface area contributed by atoms with E-state index in [0.29, 0.717) is 12.6 Å². The predicted molar refractivity (Wildman–Crippen MR) is 88.8 cm³/mol. The van der Waals surface area contributed by atoms with Crippen molar-refractivity contribution >= 4 is 5.69 Å². The minimum absolute atomic E-state index is 0.120. The molecule has 1 unspecified atom stereocenters. The number of para-hydroxylation sites is 1. The van der Waals surface area contributed by atoms with Crippen LogP contribution in [0.1, 0.15) is 57.4 Å². The molecule has 0 saturated heterocycles. The van der Waals surface area contributed by atoms with Crippen molar-refractivity contribution in [2.75, 3.05) is 18.1 Å². The van der Waals surface area contributed by atoms with E-state index in [-0.39, 0.29) is 5.41 Å². The van der Waals surface area contributed by atoms with Gasteiger partial charge in [0, 0.05) is 23.7 Å². The average Bonchev–Trinajstić information content (AvgIpc) is 2.76. The third-order valence-corrected chi connectivity index (χ3v) is 5.67. The number of aliphatic hydroxyl groups is 1. The summed E-state index contributed by atoms with van der Waals surface area (Å²) in [6.45, 7) is 3.72. The molecule has 2 nitrogen and oxygen atoms in total. The number of hydrogen-bond donors (Lipinski definition) is 1. The van der Waals surface area contributed by atoms with Crippen LogP contribution in [0.3, 0.4) is 0 Å². The standard InChI is InChI=1S/C19H29NO/c1-16-10-11-17-8-4-5-9-18(17)20(16)14-19(15-21)12-6-2-3-7-13-19/h4-5,8-9,16,21H,2-3,6-7,10-15H2,1H3. The van der Waals surface area contributed by atoms with E-state index in [0.717, 1.165) is 6.54 Å². The molecular weight excluding hydrogens is 258 g/mol. The number of aliphatic hydroxyl groups excluding tert-OH is 1. The highest BCUT2D eigenvalue weighted by molar-refractivity contribution is 5.56. The molecule has 1 saturated carbocycles. The first-order valence-electron chi connectivity index (χ1n) is 8.69. The largest absolute Gasteiger partial charge is 0.396 e. The molecule has 116 valence electrons. The highest BCUT2D eigenvalue weighted by atomic mass is 16.3. The Kier molecular flexibility index (Phi) is 4.54. The average molecular weight is 287 g/mol. The second-order valence-corrected chi connectivity index (χ2v) is 7.22. The van der Waals surface area contributed by atoms with Crippen LogP contribution in [0.2, 0.25) is 0 Å². The SMILES string of the molecule is CC1CCc2ccccc2N1CC1(CO)CCCCCC1. The maximum atomic E-state index is 10.1. The number of benzene rings is 1. The summed E-state index contributed by atoms with van der Waals surface area (Å²) >= 11 is 0. The first kappa shape index (κ1) is 14.9. The summed E-state index contributed by atoms with van der Waals surface area (Å²) < 4.78 is 0. The Labute approximate surface area is 129 Å². The van der Waals surface area contributed by atoms with Gasteiger partial charge in [0.15, 0.2) is 0 Å². The maximum Gasteiger partial charge on any atom is 0.0504 e. The van der Waals surface area contributed by atoms with Crippen molar-refractivity contribution in [3.05, 3.63) is 29.8 Å². The van der Waals surface area contributed by atoms with Crippen molar-refractivity contribution in [3.63, 3.8) is 0 Å². The van der Waals surface area contributed by atoms with Crippen LogP contribution in [0.15, 0.2) is 24.3 Å². The second-order valence-electron chi connectivity index (χ2n) is 7.22. The molecule has 1 N–H and O–H groups in total. The van der Waals surface area contributed by atoms with E-state index in [4.69, 9.17) is 0 Å². The zero-order chi connectivity index (χ0) is 14.7. The van der Waals surface area contributed by atoms with E-state index in [2.05, 4.69) is 36.1 Å². The third kappa shape index (κ3) is 3.11. The number of nitrogens with zero attached hydrogens (tertiary/aromatic N) is 1.